The molecule has 2 bridgehead atoms. The molecule has 8 nitrogen and oxygen atoms in total. The van der Waals surface area contributed by atoms with Gasteiger partial charge in [-0.15, -0.1) is 0 Å². The summed E-state index contributed by atoms with van der Waals surface area (Å²) in [6, 6.07) is 10.6. The smallest absolute Gasteiger partial charge is 0.234 e. The quantitative estimate of drug-likeness (QED) is 0.737. The fourth-order valence-electron chi connectivity index (χ4n) is 4.65. The summed E-state index contributed by atoms with van der Waals surface area (Å²) in [6.07, 6.45) is 4.95. The molecule has 2 aromatic rings. The van der Waals surface area contributed by atoms with E-state index in [4.69, 9.17) is 9.15 Å². The minimum Gasteiger partial charge on any atom is -0.467 e. The molecule has 3 aliphatic heterocycles. The van der Waals surface area contributed by atoms with Crippen molar-refractivity contribution in [3.63, 3.8) is 0 Å². The van der Waals surface area contributed by atoms with Gasteiger partial charge in [-0.3, -0.25) is 14.4 Å². The van der Waals surface area contributed by atoms with Crippen LogP contribution in [-0.4, -0.2) is 36.0 Å². The summed E-state index contributed by atoms with van der Waals surface area (Å²) in [6.45, 7) is 2.06. The number of amides is 3. The SMILES string of the molecule is CC(=O)Nc1ccc(N2C[C@@]34C=CC(O3)C(C(=O)NCc3ccco3)C4C2=O)cc1. The van der Waals surface area contributed by atoms with Crippen molar-refractivity contribution in [3.8, 4) is 0 Å². The summed E-state index contributed by atoms with van der Waals surface area (Å²) in [5.41, 5.74) is 0.571. The molecule has 5 rings (SSSR count). The lowest BCUT2D eigenvalue weighted by Crippen LogP contribution is -2.43. The van der Waals surface area contributed by atoms with Crippen LogP contribution in [0.15, 0.2) is 59.2 Å². The molecule has 4 atom stereocenters. The van der Waals surface area contributed by atoms with Crippen molar-refractivity contribution in [3.05, 3.63) is 60.6 Å². The third kappa shape index (κ3) is 2.91. The van der Waals surface area contributed by atoms with Gasteiger partial charge < -0.3 is 24.7 Å². The van der Waals surface area contributed by atoms with Crippen LogP contribution in [0, 0.1) is 11.8 Å². The normalized spacial score (nSPS) is 28.6. The van der Waals surface area contributed by atoms with Crippen molar-refractivity contribution in [2.75, 3.05) is 16.8 Å². The highest BCUT2D eigenvalue weighted by molar-refractivity contribution is 6.03. The van der Waals surface area contributed by atoms with Gasteiger partial charge in [-0.25, -0.2) is 0 Å². The molecule has 4 heterocycles. The van der Waals surface area contributed by atoms with Gasteiger partial charge in [0.2, 0.25) is 17.7 Å². The molecule has 30 heavy (non-hydrogen) atoms. The average Bonchev–Trinajstić information content (AvgIpc) is 3.48. The van der Waals surface area contributed by atoms with E-state index in [0.717, 1.165) is 0 Å². The van der Waals surface area contributed by atoms with Crippen molar-refractivity contribution < 1.29 is 23.5 Å². The first-order chi connectivity index (χ1) is 14.5. The first-order valence-electron chi connectivity index (χ1n) is 9.83. The van der Waals surface area contributed by atoms with Gasteiger partial charge in [0.15, 0.2) is 0 Å². The van der Waals surface area contributed by atoms with Gasteiger partial charge in [0.05, 0.1) is 37.3 Å². The number of fused-ring (bicyclic) bond motifs is 1. The molecule has 1 spiro atoms. The van der Waals surface area contributed by atoms with Gasteiger partial charge in [-0.05, 0) is 36.4 Å². The second-order valence-electron chi connectivity index (χ2n) is 7.85. The van der Waals surface area contributed by atoms with Crippen molar-refractivity contribution in [1.82, 2.24) is 5.32 Å². The Morgan fingerprint density at radius 2 is 2.03 bits per heavy atom. The van der Waals surface area contributed by atoms with Crippen LogP contribution in [0.2, 0.25) is 0 Å². The largest absolute Gasteiger partial charge is 0.467 e. The lowest BCUT2D eigenvalue weighted by Gasteiger charge is -2.23. The monoisotopic (exact) mass is 407 g/mol. The van der Waals surface area contributed by atoms with Gasteiger partial charge in [-0.2, -0.15) is 0 Å². The fourth-order valence-corrected chi connectivity index (χ4v) is 4.65. The zero-order valence-corrected chi connectivity index (χ0v) is 16.3. The predicted molar refractivity (Wildman–Crippen MR) is 107 cm³/mol. The number of carbonyl (C=O) groups is 3. The molecule has 0 radical (unpaired) electrons. The highest BCUT2D eigenvalue weighted by Gasteiger charge is 2.67. The van der Waals surface area contributed by atoms with E-state index in [1.807, 2.05) is 12.2 Å². The molecule has 3 unspecified atom stereocenters. The Labute approximate surface area is 172 Å². The van der Waals surface area contributed by atoms with Crippen LogP contribution in [0.5, 0.6) is 0 Å². The topological polar surface area (TPSA) is 101 Å². The fraction of sp³-hybridized carbons (Fsp3) is 0.318. The number of hydrogen-bond donors (Lipinski definition) is 2. The summed E-state index contributed by atoms with van der Waals surface area (Å²) < 4.78 is 11.4. The van der Waals surface area contributed by atoms with E-state index in [2.05, 4.69) is 10.6 Å². The molecular formula is C22H21N3O5. The highest BCUT2D eigenvalue weighted by Crippen LogP contribution is 2.52. The standard InChI is InChI=1S/C22H21N3O5/c1-13(26)24-14-4-6-15(7-5-14)25-12-22-9-8-17(30-22)18(19(22)21(25)28)20(27)23-11-16-3-2-10-29-16/h2-10,17-19H,11-12H2,1H3,(H,23,27)(H,24,26)/t17?,18?,19?,22-/m1/s1. The summed E-state index contributed by atoms with van der Waals surface area (Å²) in [5.74, 6) is -1.01. The Hall–Kier alpha value is -3.39. The van der Waals surface area contributed by atoms with Gasteiger partial charge in [0, 0.05) is 18.3 Å². The number of nitrogens with zero attached hydrogens (tertiary/aromatic N) is 1. The van der Waals surface area contributed by atoms with E-state index in [-0.39, 0.29) is 24.3 Å². The van der Waals surface area contributed by atoms with E-state index < -0.39 is 23.5 Å². The first-order valence-corrected chi connectivity index (χ1v) is 9.83. The van der Waals surface area contributed by atoms with Crippen LogP contribution in [0.3, 0.4) is 0 Å². The van der Waals surface area contributed by atoms with E-state index in [1.165, 1.54) is 6.92 Å². The number of anilines is 2. The maximum Gasteiger partial charge on any atom is 0.234 e. The third-order valence-electron chi connectivity index (χ3n) is 5.92. The van der Waals surface area contributed by atoms with Crippen LogP contribution in [0.4, 0.5) is 11.4 Å². The third-order valence-corrected chi connectivity index (χ3v) is 5.92. The second kappa shape index (κ2) is 6.84. The van der Waals surface area contributed by atoms with E-state index in [9.17, 15) is 14.4 Å². The number of hydrogen-bond acceptors (Lipinski definition) is 5. The molecule has 154 valence electrons. The lowest BCUT2D eigenvalue weighted by molar-refractivity contribution is -0.132. The Bertz CT molecular complexity index is 1030. The van der Waals surface area contributed by atoms with Crippen LogP contribution >= 0.6 is 0 Å². The van der Waals surface area contributed by atoms with Crippen LogP contribution in [0.25, 0.3) is 0 Å². The van der Waals surface area contributed by atoms with E-state index in [1.54, 1.807) is 47.6 Å². The van der Waals surface area contributed by atoms with Crippen molar-refractivity contribution >= 4 is 29.1 Å². The molecule has 1 aromatic carbocycles. The van der Waals surface area contributed by atoms with Crippen LogP contribution in [-0.2, 0) is 25.7 Å². The molecule has 0 aliphatic carbocycles. The maximum atomic E-state index is 13.3. The molecule has 1 aromatic heterocycles. The molecular weight excluding hydrogens is 386 g/mol. The van der Waals surface area contributed by atoms with Crippen LogP contribution in [0.1, 0.15) is 12.7 Å². The Morgan fingerprint density at radius 3 is 2.73 bits per heavy atom. The summed E-state index contributed by atoms with van der Waals surface area (Å²) in [4.78, 5) is 39.1. The maximum absolute atomic E-state index is 13.3. The molecule has 3 amide bonds. The minimum absolute atomic E-state index is 0.132. The molecule has 3 aliphatic rings. The Balaban J connectivity index is 1.35. The minimum atomic E-state index is -0.787. The number of benzene rings is 1. The number of nitrogens with one attached hydrogen (secondary N) is 2. The molecule has 8 heteroatoms. The molecule has 0 saturated carbocycles. The van der Waals surface area contributed by atoms with Gasteiger partial charge >= 0.3 is 0 Å². The van der Waals surface area contributed by atoms with E-state index >= 15 is 0 Å². The average molecular weight is 407 g/mol. The van der Waals surface area contributed by atoms with Crippen molar-refractivity contribution in [2.45, 2.75) is 25.2 Å². The van der Waals surface area contributed by atoms with Gasteiger partial charge in [-0.1, -0.05) is 12.2 Å². The number of ether oxygens (including phenoxy) is 1. The van der Waals surface area contributed by atoms with Gasteiger partial charge in [0.25, 0.3) is 0 Å². The Kier molecular flexibility index (Phi) is 4.25. The zero-order valence-electron chi connectivity index (χ0n) is 16.3. The summed E-state index contributed by atoms with van der Waals surface area (Å²) >= 11 is 0. The Morgan fingerprint density at radius 1 is 1.23 bits per heavy atom. The molecule has 2 saturated heterocycles. The summed E-state index contributed by atoms with van der Waals surface area (Å²) in [7, 11) is 0. The number of furan rings is 1. The number of rotatable bonds is 5. The van der Waals surface area contributed by atoms with Gasteiger partial charge in [0.1, 0.15) is 11.4 Å². The lowest BCUT2D eigenvalue weighted by atomic mass is 9.77. The zero-order chi connectivity index (χ0) is 20.9. The highest BCUT2D eigenvalue weighted by atomic mass is 16.5. The van der Waals surface area contributed by atoms with Crippen LogP contribution < -0.4 is 15.5 Å². The first kappa shape index (κ1) is 18.6. The van der Waals surface area contributed by atoms with Crippen molar-refractivity contribution in [2.24, 2.45) is 11.8 Å². The second-order valence-corrected chi connectivity index (χ2v) is 7.85. The van der Waals surface area contributed by atoms with Crippen molar-refractivity contribution in [1.29, 1.82) is 0 Å². The number of carbonyl (C=O) groups excluding carboxylic acids is 3. The molecule has 2 N–H and O–H groups in total. The molecule has 2 fully saturated rings. The summed E-state index contributed by atoms with van der Waals surface area (Å²) in [5, 5.41) is 5.57. The predicted octanol–water partition coefficient (Wildman–Crippen LogP) is 1.84. The van der Waals surface area contributed by atoms with E-state index in [0.29, 0.717) is 23.7 Å².